The number of amides is 1. The van der Waals surface area contributed by atoms with E-state index in [1.165, 1.54) is 12.3 Å². The van der Waals surface area contributed by atoms with Crippen LogP contribution < -0.4 is 14.9 Å². The molecule has 6 nitrogen and oxygen atoms in total. The van der Waals surface area contributed by atoms with Crippen LogP contribution in [0.2, 0.25) is 0 Å². The molecule has 0 fully saturated rings. The number of phenolic OH excluding ortho intramolecular Hbond substituents is 1. The summed E-state index contributed by atoms with van der Waals surface area (Å²) in [7, 11) is 0. The molecule has 0 spiro atoms. The fraction of sp³-hybridized carbons (Fsp3) is 0.130. The van der Waals surface area contributed by atoms with Gasteiger partial charge in [0.25, 0.3) is 5.91 Å². The van der Waals surface area contributed by atoms with Gasteiger partial charge in [-0.25, -0.2) is 5.43 Å². The molecule has 0 atom stereocenters. The van der Waals surface area contributed by atoms with Gasteiger partial charge in [0.05, 0.1) is 12.8 Å². The van der Waals surface area contributed by atoms with Gasteiger partial charge in [0.15, 0.2) is 11.5 Å². The number of carbonyl (C=O) groups is 1. The minimum absolute atomic E-state index is 0.0580. The lowest BCUT2D eigenvalue weighted by molar-refractivity contribution is 0.0955. The van der Waals surface area contributed by atoms with Gasteiger partial charge in [-0.1, -0.05) is 30.3 Å². The van der Waals surface area contributed by atoms with Crippen LogP contribution in [0.5, 0.6) is 17.2 Å². The van der Waals surface area contributed by atoms with E-state index >= 15 is 0 Å². The first-order chi connectivity index (χ1) is 14.2. The molecule has 2 N–H and O–H groups in total. The maximum absolute atomic E-state index is 12.2. The molecule has 0 aliphatic heterocycles. The average molecular weight is 390 g/mol. The van der Waals surface area contributed by atoms with E-state index in [0.717, 1.165) is 5.56 Å². The van der Waals surface area contributed by atoms with Crippen molar-refractivity contribution < 1.29 is 19.4 Å². The second-order valence-corrected chi connectivity index (χ2v) is 6.16. The van der Waals surface area contributed by atoms with Gasteiger partial charge in [0.2, 0.25) is 0 Å². The summed E-state index contributed by atoms with van der Waals surface area (Å²) in [4.78, 5) is 12.2. The number of phenols is 1. The van der Waals surface area contributed by atoms with Crippen molar-refractivity contribution in [3.8, 4) is 17.2 Å². The van der Waals surface area contributed by atoms with E-state index in [0.29, 0.717) is 35.8 Å². The van der Waals surface area contributed by atoms with Crippen LogP contribution in [0.25, 0.3) is 0 Å². The second-order valence-electron chi connectivity index (χ2n) is 6.16. The minimum Gasteiger partial charge on any atom is -0.504 e. The molecule has 3 aromatic rings. The van der Waals surface area contributed by atoms with E-state index in [2.05, 4.69) is 10.5 Å². The highest BCUT2D eigenvalue weighted by molar-refractivity contribution is 5.95. The van der Waals surface area contributed by atoms with Crippen LogP contribution >= 0.6 is 0 Å². The Labute approximate surface area is 169 Å². The molecule has 0 bridgehead atoms. The normalized spacial score (nSPS) is 10.7. The number of benzene rings is 3. The second kappa shape index (κ2) is 9.94. The van der Waals surface area contributed by atoms with Crippen molar-refractivity contribution in [1.29, 1.82) is 0 Å². The van der Waals surface area contributed by atoms with E-state index in [-0.39, 0.29) is 11.7 Å². The van der Waals surface area contributed by atoms with E-state index in [9.17, 15) is 9.90 Å². The molecule has 3 rings (SSSR count). The Bertz CT molecular complexity index is 970. The Balaban J connectivity index is 1.54. The standard InChI is InChI=1S/C23H22N2O4/c1-2-28-22-14-18(8-13-21(22)26)15-24-25-23(27)19-9-11-20(12-10-19)29-16-17-6-4-3-5-7-17/h3-15,26H,2,16H2,1H3,(H,25,27)/b24-15+. The maximum atomic E-state index is 12.2. The largest absolute Gasteiger partial charge is 0.504 e. The summed E-state index contributed by atoms with van der Waals surface area (Å²) >= 11 is 0. The predicted molar refractivity (Wildman–Crippen MR) is 112 cm³/mol. The zero-order chi connectivity index (χ0) is 20.5. The first kappa shape index (κ1) is 19.9. The molecule has 0 saturated heterocycles. The van der Waals surface area contributed by atoms with Crippen LogP contribution in [0, 0.1) is 0 Å². The summed E-state index contributed by atoms with van der Waals surface area (Å²) in [6.45, 7) is 2.74. The molecule has 148 valence electrons. The maximum Gasteiger partial charge on any atom is 0.271 e. The SMILES string of the molecule is CCOc1cc(/C=N/NC(=O)c2ccc(OCc3ccccc3)cc2)ccc1O. The first-order valence-corrected chi connectivity index (χ1v) is 9.21. The number of hydrazone groups is 1. The third-order valence-electron chi connectivity index (χ3n) is 4.03. The molecule has 0 aromatic heterocycles. The van der Waals surface area contributed by atoms with E-state index < -0.39 is 0 Å². The number of nitrogens with one attached hydrogen (secondary N) is 1. The smallest absolute Gasteiger partial charge is 0.271 e. The molecule has 0 aliphatic carbocycles. The van der Waals surface area contributed by atoms with Crippen molar-refractivity contribution in [2.24, 2.45) is 5.10 Å². The monoisotopic (exact) mass is 390 g/mol. The summed E-state index contributed by atoms with van der Waals surface area (Å²) in [5, 5.41) is 13.7. The lowest BCUT2D eigenvalue weighted by Gasteiger charge is -2.07. The lowest BCUT2D eigenvalue weighted by Crippen LogP contribution is -2.17. The Morgan fingerprint density at radius 1 is 1.03 bits per heavy atom. The summed E-state index contributed by atoms with van der Waals surface area (Å²) in [6, 6.07) is 21.5. The number of rotatable bonds is 8. The molecule has 0 heterocycles. The number of aromatic hydroxyl groups is 1. The predicted octanol–water partition coefficient (Wildman–Crippen LogP) is 4.13. The van der Waals surface area contributed by atoms with Crippen molar-refractivity contribution in [2.45, 2.75) is 13.5 Å². The Morgan fingerprint density at radius 2 is 1.79 bits per heavy atom. The number of ether oxygens (including phenoxy) is 2. The van der Waals surface area contributed by atoms with Crippen LogP contribution in [0.4, 0.5) is 0 Å². The van der Waals surface area contributed by atoms with Crippen LogP contribution in [0.3, 0.4) is 0 Å². The van der Waals surface area contributed by atoms with Crippen molar-refractivity contribution in [2.75, 3.05) is 6.61 Å². The fourth-order valence-electron chi connectivity index (χ4n) is 2.56. The van der Waals surface area contributed by atoms with Crippen LogP contribution in [-0.4, -0.2) is 23.8 Å². The zero-order valence-corrected chi connectivity index (χ0v) is 16.0. The number of hydrogen-bond donors (Lipinski definition) is 2. The molecule has 0 aliphatic rings. The summed E-state index contributed by atoms with van der Waals surface area (Å²) in [6.07, 6.45) is 1.48. The van der Waals surface area contributed by atoms with Gasteiger partial charge in [-0.05, 0) is 60.5 Å². The van der Waals surface area contributed by atoms with Gasteiger partial charge in [-0.2, -0.15) is 5.10 Å². The molecule has 0 unspecified atom stereocenters. The van der Waals surface area contributed by atoms with Gasteiger partial charge >= 0.3 is 0 Å². The third-order valence-corrected chi connectivity index (χ3v) is 4.03. The average Bonchev–Trinajstić information content (AvgIpc) is 2.75. The van der Waals surface area contributed by atoms with Crippen LogP contribution in [0.15, 0.2) is 77.9 Å². The van der Waals surface area contributed by atoms with Gasteiger partial charge in [-0.3, -0.25) is 4.79 Å². The molecule has 6 heteroatoms. The molecule has 3 aromatic carbocycles. The first-order valence-electron chi connectivity index (χ1n) is 9.21. The Morgan fingerprint density at radius 3 is 2.52 bits per heavy atom. The Hall–Kier alpha value is -3.80. The highest BCUT2D eigenvalue weighted by Gasteiger charge is 2.05. The van der Waals surface area contributed by atoms with Gasteiger partial charge in [-0.15, -0.1) is 0 Å². The number of nitrogens with zero attached hydrogens (tertiary/aromatic N) is 1. The summed E-state index contributed by atoms with van der Waals surface area (Å²) in [5.41, 5.74) is 4.71. The van der Waals surface area contributed by atoms with Crippen molar-refractivity contribution >= 4 is 12.1 Å². The minimum atomic E-state index is -0.334. The third kappa shape index (κ3) is 5.84. The molecule has 0 saturated carbocycles. The topological polar surface area (TPSA) is 80.2 Å². The zero-order valence-electron chi connectivity index (χ0n) is 16.0. The van der Waals surface area contributed by atoms with E-state index in [1.54, 1.807) is 36.4 Å². The van der Waals surface area contributed by atoms with Crippen molar-refractivity contribution in [3.63, 3.8) is 0 Å². The fourth-order valence-corrected chi connectivity index (χ4v) is 2.56. The highest BCUT2D eigenvalue weighted by atomic mass is 16.5. The van der Waals surface area contributed by atoms with Crippen LogP contribution in [0.1, 0.15) is 28.4 Å². The quantitative estimate of drug-likeness (QED) is 0.448. The Kier molecular flexibility index (Phi) is 6.84. The lowest BCUT2D eigenvalue weighted by atomic mass is 10.2. The summed E-state index contributed by atoms with van der Waals surface area (Å²) in [5.74, 6) is 0.776. The van der Waals surface area contributed by atoms with E-state index in [1.807, 2.05) is 37.3 Å². The van der Waals surface area contributed by atoms with Crippen molar-refractivity contribution in [3.05, 3.63) is 89.5 Å². The van der Waals surface area contributed by atoms with Crippen molar-refractivity contribution in [1.82, 2.24) is 5.43 Å². The van der Waals surface area contributed by atoms with Gasteiger partial charge in [0.1, 0.15) is 12.4 Å². The number of hydrogen-bond acceptors (Lipinski definition) is 5. The highest BCUT2D eigenvalue weighted by Crippen LogP contribution is 2.26. The molecular weight excluding hydrogens is 368 g/mol. The molecule has 29 heavy (non-hydrogen) atoms. The summed E-state index contributed by atoms with van der Waals surface area (Å²) < 4.78 is 11.0. The molecular formula is C23H22N2O4. The molecule has 0 radical (unpaired) electrons. The molecule has 1 amide bonds. The van der Waals surface area contributed by atoms with Gasteiger partial charge in [0, 0.05) is 5.56 Å². The number of carbonyl (C=O) groups excluding carboxylic acids is 1. The van der Waals surface area contributed by atoms with E-state index in [4.69, 9.17) is 9.47 Å². The van der Waals surface area contributed by atoms with Gasteiger partial charge < -0.3 is 14.6 Å². The van der Waals surface area contributed by atoms with Crippen LogP contribution in [-0.2, 0) is 6.61 Å².